The molecule has 1 saturated heterocycles. The van der Waals surface area contributed by atoms with Gasteiger partial charge in [0, 0.05) is 19.2 Å². The number of aromatic nitrogens is 1. The summed E-state index contributed by atoms with van der Waals surface area (Å²) in [5.41, 5.74) is -1.25. The number of amides is 1. The van der Waals surface area contributed by atoms with E-state index in [2.05, 4.69) is 10.5 Å². The van der Waals surface area contributed by atoms with Crippen LogP contribution in [0.1, 0.15) is 33.0 Å². The maximum Gasteiger partial charge on any atom is 0.410 e. The number of hydrogen-bond acceptors (Lipinski definition) is 6. The van der Waals surface area contributed by atoms with E-state index >= 15 is 0 Å². The minimum Gasteiger partial charge on any atom is -0.481 e. The van der Waals surface area contributed by atoms with E-state index in [9.17, 15) is 9.59 Å². The maximum absolute atomic E-state index is 11.9. The van der Waals surface area contributed by atoms with Crippen LogP contribution in [0.15, 0.2) is 16.8 Å². The Morgan fingerprint density at radius 1 is 1.50 bits per heavy atom. The van der Waals surface area contributed by atoms with Crippen molar-refractivity contribution in [1.29, 1.82) is 0 Å². The third-order valence-corrected chi connectivity index (χ3v) is 3.26. The predicted octanol–water partition coefficient (Wildman–Crippen LogP) is 1.23. The SMILES string of the molecule is CC(C)(C)OC(=O)N1CC(CC(=O)O)(NCc2ccno2)C1. The molecule has 2 heterocycles. The fraction of sp³-hybridized carbons (Fsp3) is 0.643. The van der Waals surface area contributed by atoms with E-state index in [1.54, 1.807) is 26.8 Å². The van der Waals surface area contributed by atoms with Gasteiger partial charge in [-0.25, -0.2) is 4.79 Å². The van der Waals surface area contributed by atoms with Crippen molar-refractivity contribution < 1.29 is 24.0 Å². The lowest BCUT2D eigenvalue weighted by atomic mass is 9.86. The molecule has 8 heteroatoms. The zero-order valence-corrected chi connectivity index (χ0v) is 13.0. The summed E-state index contributed by atoms with van der Waals surface area (Å²) >= 11 is 0. The van der Waals surface area contributed by atoms with Crippen molar-refractivity contribution in [2.24, 2.45) is 0 Å². The molecule has 1 amide bonds. The molecular weight excluding hydrogens is 290 g/mol. The molecule has 1 aromatic heterocycles. The average molecular weight is 311 g/mol. The number of carbonyl (C=O) groups is 2. The van der Waals surface area contributed by atoms with E-state index < -0.39 is 23.2 Å². The monoisotopic (exact) mass is 311 g/mol. The molecule has 0 bridgehead atoms. The van der Waals surface area contributed by atoms with Crippen LogP contribution < -0.4 is 5.32 Å². The smallest absolute Gasteiger partial charge is 0.410 e. The highest BCUT2D eigenvalue weighted by atomic mass is 16.6. The van der Waals surface area contributed by atoms with Crippen molar-refractivity contribution in [3.8, 4) is 0 Å². The van der Waals surface area contributed by atoms with E-state index in [1.165, 1.54) is 11.1 Å². The number of carbonyl (C=O) groups excluding carboxylic acids is 1. The van der Waals surface area contributed by atoms with Crippen LogP contribution in [0.2, 0.25) is 0 Å². The Morgan fingerprint density at radius 2 is 2.18 bits per heavy atom. The van der Waals surface area contributed by atoms with Crippen molar-refractivity contribution in [3.05, 3.63) is 18.0 Å². The van der Waals surface area contributed by atoms with Gasteiger partial charge in [0.25, 0.3) is 0 Å². The van der Waals surface area contributed by atoms with Crippen LogP contribution in [0.4, 0.5) is 4.79 Å². The lowest BCUT2D eigenvalue weighted by Gasteiger charge is -2.49. The van der Waals surface area contributed by atoms with Crippen LogP contribution in [0.3, 0.4) is 0 Å². The van der Waals surface area contributed by atoms with Crippen molar-refractivity contribution in [2.45, 2.75) is 44.9 Å². The number of aliphatic carboxylic acids is 1. The molecule has 1 aliphatic rings. The minimum absolute atomic E-state index is 0.0829. The van der Waals surface area contributed by atoms with Gasteiger partial charge >= 0.3 is 12.1 Å². The largest absolute Gasteiger partial charge is 0.481 e. The number of nitrogens with one attached hydrogen (secondary N) is 1. The Kier molecular flexibility index (Phi) is 4.41. The van der Waals surface area contributed by atoms with Crippen LogP contribution in [-0.2, 0) is 16.1 Å². The molecule has 0 aromatic carbocycles. The molecule has 0 atom stereocenters. The summed E-state index contributed by atoms with van der Waals surface area (Å²) < 4.78 is 10.3. The number of hydrogen-bond donors (Lipinski definition) is 2. The Bertz CT molecular complexity index is 529. The van der Waals surface area contributed by atoms with Crippen LogP contribution >= 0.6 is 0 Å². The molecular formula is C14H21N3O5. The number of carboxylic acids is 1. The molecule has 0 aliphatic carbocycles. The second kappa shape index (κ2) is 5.96. The maximum atomic E-state index is 11.9. The number of nitrogens with zero attached hydrogens (tertiary/aromatic N) is 2. The highest BCUT2D eigenvalue weighted by Gasteiger charge is 2.47. The van der Waals surface area contributed by atoms with Gasteiger partial charge in [-0.3, -0.25) is 4.79 Å². The van der Waals surface area contributed by atoms with Crippen LogP contribution in [0.25, 0.3) is 0 Å². The van der Waals surface area contributed by atoms with Crippen molar-refractivity contribution in [2.75, 3.05) is 13.1 Å². The molecule has 2 rings (SSSR count). The molecule has 0 spiro atoms. The number of carboxylic acid groups (broad SMARTS) is 1. The Labute approximate surface area is 128 Å². The van der Waals surface area contributed by atoms with Gasteiger partial charge in [0.2, 0.25) is 0 Å². The third kappa shape index (κ3) is 4.20. The second-order valence-corrected chi connectivity index (χ2v) is 6.52. The van der Waals surface area contributed by atoms with Gasteiger partial charge in [-0.05, 0) is 20.8 Å². The van der Waals surface area contributed by atoms with E-state index in [0.29, 0.717) is 12.3 Å². The normalized spacial score (nSPS) is 17.0. The molecule has 2 N–H and O–H groups in total. The predicted molar refractivity (Wildman–Crippen MR) is 76.1 cm³/mol. The topological polar surface area (TPSA) is 105 Å². The summed E-state index contributed by atoms with van der Waals surface area (Å²) in [6.07, 6.45) is 1.00. The fourth-order valence-corrected chi connectivity index (χ4v) is 2.32. The summed E-state index contributed by atoms with van der Waals surface area (Å²) in [7, 11) is 0. The first-order valence-corrected chi connectivity index (χ1v) is 7.03. The number of rotatable bonds is 5. The van der Waals surface area contributed by atoms with Gasteiger partial charge in [0.15, 0.2) is 0 Å². The molecule has 8 nitrogen and oxygen atoms in total. The summed E-state index contributed by atoms with van der Waals surface area (Å²) in [5, 5.41) is 15.8. The van der Waals surface area contributed by atoms with Gasteiger partial charge in [-0.2, -0.15) is 0 Å². The van der Waals surface area contributed by atoms with Crippen LogP contribution in [-0.4, -0.2) is 51.5 Å². The first-order valence-electron chi connectivity index (χ1n) is 7.03. The molecule has 1 aromatic rings. The van der Waals surface area contributed by atoms with Crippen LogP contribution in [0.5, 0.6) is 0 Å². The van der Waals surface area contributed by atoms with E-state index in [4.69, 9.17) is 14.4 Å². The first-order chi connectivity index (χ1) is 10.2. The standard InChI is InChI=1S/C14H21N3O5/c1-13(2,3)21-12(20)17-8-14(9-17,6-11(18)19)15-7-10-4-5-16-22-10/h4-5,15H,6-9H2,1-3H3,(H,18,19). The molecule has 22 heavy (non-hydrogen) atoms. The first kappa shape index (κ1) is 16.3. The fourth-order valence-electron chi connectivity index (χ4n) is 2.32. The van der Waals surface area contributed by atoms with E-state index in [1.807, 2.05) is 0 Å². The highest BCUT2D eigenvalue weighted by molar-refractivity contribution is 5.73. The summed E-state index contributed by atoms with van der Waals surface area (Å²) in [5.74, 6) is -0.311. The lowest BCUT2D eigenvalue weighted by Crippen LogP contribution is -2.71. The molecule has 1 fully saturated rings. The molecule has 0 saturated carbocycles. The Balaban J connectivity index is 1.93. The second-order valence-electron chi connectivity index (χ2n) is 6.52. The van der Waals surface area contributed by atoms with Gasteiger partial charge in [0.05, 0.1) is 24.7 Å². The Morgan fingerprint density at radius 3 is 2.68 bits per heavy atom. The summed E-state index contributed by atoms with van der Waals surface area (Å²) in [4.78, 5) is 24.5. The van der Waals surface area contributed by atoms with Crippen molar-refractivity contribution in [3.63, 3.8) is 0 Å². The quantitative estimate of drug-likeness (QED) is 0.842. The van der Waals surface area contributed by atoms with Gasteiger partial charge in [0.1, 0.15) is 11.4 Å². The van der Waals surface area contributed by atoms with Gasteiger partial charge < -0.3 is 24.6 Å². The number of likely N-dealkylation sites (tertiary alicyclic amines) is 1. The third-order valence-electron chi connectivity index (χ3n) is 3.26. The average Bonchev–Trinajstić information content (AvgIpc) is 2.81. The van der Waals surface area contributed by atoms with Crippen molar-refractivity contribution >= 4 is 12.1 Å². The van der Waals surface area contributed by atoms with Gasteiger partial charge in [-0.1, -0.05) is 5.16 Å². The highest BCUT2D eigenvalue weighted by Crippen LogP contribution is 2.27. The molecule has 122 valence electrons. The summed E-state index contributed by atoms with van der Waals surface area (Å²) in [6, 6.07) is 1.70. The van der Waals surface area contributed by atoms with E-state index in [-0.39, 0.29) is 19.5 Å². The Hall–Kier alpha value is -2.09. The van der Waals surface area contributed by atoms with Crippen LogP contribution in [0, 0.1) is 0 Å². The summed E-state index contributed by atoms with van der Waals surface area (Å²) in [6.45, 7) is 6.28. The molecule has 0 unspecified atom stereocenters. The van der Waals surface area contributed by atoms with Crippen molar-refractivity contribution in [1.82, 2.24) is 15.4 Å². The zero-order chi connectivity index (χ0) is 16.4. The minimum atomic E-state index is -0.922. The zero-order valence-electron chi connectivity index (χ0n) is 13.0. The van der Waals surface area contributed by atoms with E-state index in [0.717, 1.165) is 0 Å². The number of ether oxygens (including phenoxy) is 1. The molecule has 0 radical (unpaired) electrons. The molecule has 1 aliphatic heterocycles. The lowest BCUT2D eigenvalue weighted by molar-refractivity contribution is -0.141. The van der Waals surface area contributed by atoms with Gasteiger partial charge in [-0.15, -0.1) is 0 Å².